The monoisotopic (exact) mass is 333 g/mol. The fourth-order valence-corrected chi connectivity index (χ4v) is 3.44. The van der Waals surface area contributed by atoms with Crippen LogP contribution in [0.4, 0.5) is 0 Å². The summed E-state index contributed by atoms with van der Waals surface area (Å²) in [6, 6.07) is 13.5. The smallest absolute Gasteiger partial charge is 0.264 e. The van der Waals surface area contributed by atoms with Crippen LogP contribution in [-0.4, -0.2) is 37.3 Å². The average Bonchev–Trinajstić information content (AvgIpc) is 2.55. The van der Waals surface area contributed by atoms with E-state index in [0.717, 1.165) is 11.1 Å². The number of nitrogens with one attached hydrogen (secondary N) is 1. The number of hydrogen-bond donors (Lipinski definition) is 1. The van der Waals surface area contributed by atoms with Crippen LogP contribution in [0.25, 0.3) is 0 Å². The van der Waals surface area contributed by atoms with E-state index in [1.807, 2.05) is 49.4 Å². The van der Waals surface area contributed by atoms with Crippen molar-refractivity contribution in [3.8, 4) is 0 Å². The molecule has 0 saturated carbocycles. The van der Waals surface area contributed by atoms with E-state index >= 15 is 0 Å². The molecular formula is C17H23N3O2S. The van der Waals surface area contributed by atoms with Gasteiger partial charge in [0.25, 0.3) is 10.2 Å². The summed E-state index contributed by atoms with van der Waals surface area (Å²) in [5, 5.41) is 0. The molecule has 5 nitrogen and oxygen atoms in total. The maximum atomic E-state index is 12.4. The Morgan fingerprint density at radius 2 is 1.74 bits per heavy atom. The van der Waals surface area contributed by atoms with Crippen molar-refractivity contribution >= 4 is 10.2 Å². The van der Waals surface area contributed by atoms with Crippen LogP contribution in [0, 0.1) is 0 Å². The van der Waals surface area contributed by atoms with Gasteiger partial charge in [-0.25, -0.2) is 0 Å². The number of rotatable bonds is 8. The summed E-state index contributed by atoms with van der Waals surface area (Å²) < 4.78 is 28.8. The van der Waals surface area contributed by atoms with Crippen molar-refractivity contribution in [3.05, 3.63) is 66.0 Å². The van der Waals surface area contributed by atoms with Gasteiger partial charge in [0.15, 0.2) is 0 Å². The van der Waals surface area contributed by atoms with Crippen LogP contribution in [0.15, 0.2) is 54.9 Å². The minimum Gasteiger partial charge on any atom is -0.264 e. The quantitative estimate of drug-likeness (QED) is 0.804. The lowest BCUT2D eigenvalue weighted by Gasteiger charge is -2.23. The van der Waals surface area contributed by atoms with E-state index in [1.54, 1.807) is 19.4 Å². The minimum absolute atomic E-state index is 0.222. The number of hydrogen-bond acceptors (Lipinski definition) is 3. The number of nitrogens with zero attached hydrogens (tertiary/aromatic N) is 2. The van der Waals surface area contributed by atoms with E-state index in [-0.39, 0.29) is 6.04 Å². The third-order valence-corrected chi connectivity index (χ3v) is 5.41. The number of benzene rings is 1. The van der Waals surface area contributed by atoms with Crippen LogP contribution >= 0.6 is 0 Å². The van der Waals surface area contributed by atoms with Gasteiger partial charge in [0.1, 0.15) is 0 Å². The van der Waals surface area contributed by atoms with Crippen LogP contribution in [0.3, 0.4) is 0 Å². The van der Waals surface area contributed by atoms with Gasteiger partial charge in [-0.15, -0.1) is 0 Å². The van der Waals surface area contributed by atoms with Gasteiger partial charge in [0, 0.05) is 32.0 Å². The molecule has 0 fully saturated rings. The second-order valence-electron chi connectivity index (χ2n) is 5.49. The molecule has 2 rings (SSSR count). The van der Waals surface area contributed by atoms with Gasteiger partial charge in [-0.3, -0.25) is 4.98 Å². The van der Waals surface area contributed by atoms with Crippen molar-refractivity contribution in [2.75, 3.05) is 13.6 Å². The summed E-state index contributed by atoms with van der Waals surface area (Å²) >= 11 is 0. The number of aromatic nitrogens is 1. The molecule has 0 saturated heterocycles. The molecule has 2 aromatic rings. The normalized spacial score (nSPS) is 13.2. The maximum absolute atomic E-state index is 12.4. The Morgan fingerprint density at radius 1 is 1.09 bits per heavy atom. The Kier molecular flexibility index (Phi) is 6.27. The van der Waals surface area contributed by atoms with E-state index in [4.69, 9.17) is 0 Å². The van der Waals surface area contributed by atoms with E-state index in [1.165, 1.54) is 4.31 Å². The zero-order valence-electron chi connectivity index (χ0n) is 13.5. The van der Waals surface area contributed by atoms with Gasteiger partial charge >= 0.3 is 0 Å². The molecule has 1 atom stereocenters. The molecule has 6 heteroatoms. The van der Waals surface area contributed by atoms with Crippen molar-refractivity contribution in [2.24, 2.45) is 0 Å². The van der Waals surface area contributed by atoms with Crippen molar-refractivity contribution in [1.29, 1.82) is 0 Å². The van der Waals surface area contributed by atoms with Crippen LogP contribution < -0.4 is 4.72 Å². The van der Waals surface area contributed by atoms with Crippen LogP contribution in [0.2, 0.25) is 0 Å². The SMILES string of the molecule is CCN(C)S(=O)(=O)NC(Cc1ccccc1)Cc1cccnc1. The molecule has 23 heavy (non-hydrogen) atoms. The standard InChI is InChI=1S/C17H23N3O2S/c1-3-20(2)23(21,22)19-17(12-15-8-5-4-6-9-15)13-16-10-7-11-18-14-16/h4-11,14,17,19H,3,12-13H2,1-2H3. The summed E-state index contributed by atoms with van der Waals surface area (Å²) in [4.78, 5) is 4.10. The molecular weight excluding hydrogens is 310 g/mol. The van der Waals surface area contributed by atoms with E-state index in [2.05, 4.69) is 9.71 Å². The Balaban J connectivity index is 2.17. The van der Waals surface area contributed by atoms with Gasteiger partial charge in [0.2, 0.25) is 0 Å². The molecule has 0 aliphatic rings. The first-order valence-electron chi connectivity index (χ1n) is 7.67. The Labute approximate surface area is 138 Å². The van der Waals surface area contributed by atoms with Gasteiger partial charge in [-0.2, -0.15) is 17.4 Å². The highest BCUT2D eigenvalue weighted by atomic mass is 32.2. The lowest BCUT2D eigenvalue weighted by Crippen LogP contribution is -2.45. The zero-order chi connectivity index (χ0) is 16.7. The zero-order valence-corrected chi connectivity index (χ0v) is 14.3. The summed E-state index contributed by atoms with van der Waals surface area (Å²) in [7, 11) is -1.91. The van der Waals surface area contributed by atoms with Gasteiger partial charge in [-0.1, -0.05) is 43.3 Å². The van der Waals surface area contributed by atoms with Crippen LogP contribution in [0.1, 0.15) is 18.1 Å². The molecule has 0 spiro atoms. The Morgan fingerprint density at radius 3 is 2.35 bits per heavy atom. The number of pyridine rings is 1. The molecule has 124 valence electrons. The van der Waals surface area contributed by atoms with Crippen LogP contribution in [-0.2, 0) is 23.1 Å². The molecule has 1 heterocycles. The van der Waals surface area contributed by atoms with Crippen LogP contribution in [0.5, 0.6) is 0 Å². The predicted molar refractivity (Wildman–Crippen MR) is 92.2 cm³/mol. The lowest BCUT2D eigenvalue weighted by atomic mass is 10.0. The van der Waals surface area contributed by atoms with E-state index < -0.39 is 10.2 Å². The highest BCUT2D eigenvalue weighted by Crippen LogP contribution is 2.10. The molecule has 1 aromatic heterocycles. The summed E-state index contributed by atoms with van der Waals surface area (Å²) in [5.74, 6) is 0. The first kappa shape index (κ1) is 17.6. The molecule has 1 unspecified atom stereocenters. The summed E-state index contributed by atoms with van der Waals surface area (Å²) in [6.07, 6.45) is 4.71. The largest absolute Gasteiger partial charge is 0.279 e. The molecule has 0 aliphatic carbocycles. The first-order chi connectivity index (χ1) is 11.0. The fraction of sp³-hybridized carbons (Fsp3) is 0.353. The molecule has 0 aliphatic heterocycles. The average molecular weight is 333 g/mol. The molecule has 0 bridgehead atoms. The summed E-state index contributed by atoms with van der Waals surface area (Å²) in [6.45, 7) is 2.24. The second kappa shape index (κ2) is 8.19. The topological polar surface area (TPSA) is 62.3 Å². The van der Waals surface area contributed by atoms with Crippen molar-refractivity contribution < 1.29 is 8.42 Å². The fourth-order valence-electron chi connectivity index (χ4n) is 2.33. The lowest BCUT2D eigenvalue weighted by molar-refractivity contribution is 0.456. The third kappa shape index (κ3) is 5.42. The van der Waals surface area contributed by atoms with Gasteiger partial charge < -0.3 is 0 Å². The highest BCUT2D eigenvalue weighted by Gasteiger charge is 2.22. The Bertz CT molecular complexity index is 649. The Hall–Kier alpha value is -1.76. The highest BCUT2D eigenvalue weighted by molar-refractivity contribution is 7.87. The van der Waals surface area contributed by atoms with Gasteiger partial charge in [0.05, 0.1) is 0 Å². The molecule has 0 radical (unpaired) electrons. The van der Waals surface area contributed by atoms with Crippen molar-refractivity contribution in [2.45, 2.75) is 25.8 Å². The summed E-state index contributed by atoms with van der Waals surface area (Å²) in [5.41, 5.74) is 2.11. The predicted octanol–water partition coefficient (Wildman–Crippen LogP) is 2.02. The van der Waals surface area contributed by atoms with E-state index in [0.29, 0.717) is 19.4 Å². The molecule has 1 aromatic carbocycles. The van der Waals surface area contributed by atoms with Gasteiger partial charge in [-0.05, 0) is 30.0 Å². The maximum Gasteiger partial charge on any atom is 0.279 e. The molecule has 1 N–H and O–H groups in total. The first-order valence-corrected chi connectivity index (χ1v) is 9.11. The second-order valence-corrected chi connectivity index (χ2v) is 7.30. The third-order valence-electron chi connectivity index (χ3n) is 3.70. The van der Waals surface area contributed by atoms with Crippen molar-refractivity contribution in [3.63, 3.8) is 0 Å². The minimum atomic E-state index is -3.49. The van der Waals surface area contributed by atoms with E-state index in [9.17, 15) is 8.42 Å². The van der Waals surface area contributed by atoms with Crippen molar-refractivity contribution in [1.82, 2.24) is 14.0 Å². The molecule has 0 amide bonds.